The minimum Gasteiger partial charge on any atom is -0.479 e. The van der Waals surface area contributed by atoms with Crippen LogP contribution in [0.2, 0.25) is 0 Å². The summed E-state index contributed by atoms with van der Waals surface area (Å²) in [6.07, 6.45) is -1.88. The van der Waals surface area contributed by atoms with Gasteiger partial charge in [-0.3, -0.25) is 9.59 Å². The van der Waals surface area contributed by atoms with E-state index in [4.69, 9.17) is 14.2 Å². The van der Waals surface area contributed by atoms with E-state index < -0.39 is 47.3 Å². The van der Waals surface area contributed by atoms with Crippen LogP contribution in [0.3, 0.4) is 0 Å². The number of hydrogen-bond acceptors (Lipinski definition) is 5. The Morgan fingerprint density at radius 1 is 1.00 bits per heavy atom. The lowest BCUT2D eigenvalue weighted by atomic mass is 10.0. The number of esters is 2. The topological polar surface area (TPSA) is 61.8 Å². The monoisotopic (exact) mass is 434 g/mol. The summed E-state index contributed by atoms with van der Waals surface area (Å²) in [5.41, 5.74) is -0.0406. The molecule has 0 aromatic heterocycles. The van der Waals surface area contributed by atoms with Crippen LogP contribution in [0.25, 0.3) is 0 Å². The van der Waals surface area contributed by atoms with Gasteiger partial charge in [0.1, 0.15) is 17.5 Å². The summed E-state index contributed by atoms with van der Waals surface area (Å²) >= 11 is 0. The third-order valence-corrected chi connectivity index (χ3v) is 4.30. The number of carbonyl (C=O) groups is 2. The molecule has 0 aliphatic heterocycles. The van der Waals surface area contributed by atoms with Gasteiger partial charge in [-0.2, -0.15) is 0 Å². The first-order valence-electron chi connectivity index (χ1n) is 10.1. The van der Waals surface area contributed by atoms with Gasteiger partial charge >= 0.3 is 11.9 Å². The van der Waals surface area contributed by atoms with E-state index >= 15 is 0 Å². The second-order valence-electron chi connectivity index (χ2n) is 8.36. The average molecular weight is 434 g/mol. The predicted octanol–water partition coefficient (Wildman–Crippen LogP) is 5.38. The van der Waals surface area contributed by atoms with E-state index in [1.165, 1.54) is 0 Å². The summed E-state index contributed by atoms with van der Waals surface area (Å²) in [6, 6.07) is 11.7. The first kappa shape index (κ1) is 24.3. The molecule has 0 saturated carbocycles. The standard InChI is InChI=1S/C24H28F2O5/c1-15(13-21(27)31-24(3,4)5)23(28)29-16(2)22(17-9-7-6-8-10-17)30-20-14-18(25)11-12-19(20)26/h6-12,14-16,22H,13H2,1-5H3/t15-,16+,22+/m1/s1. The van der Waals surface area contributed by atoms with Crippen LogP contribution in [-0.2, 0) is 19.1 Å². The molecule has 0 aliphatic rings. The van der Waals surface area contributed by atoms with Gasteiger partial charge in [-0.15, -0.1) is 0 Å². The van der Waals surface area contributed by atoms with Crippen molar-refractivity contribution < 1.29 is 32.6 Å². The van der Waals surface area contributed by atoms with Crippen molar-refractivity contribution in [2.24, 2.45) is 5.92 Å². The van der Waals surface area contributed by atoms with Crippen molar-refractivity contribution in [2.45, 2.75) is 58.8 Å². The van der Waals surface area contributed by atoms with Gasteiger partial charge < -0.3 is 14.2 Å². The lowest BCUT2D eigenvalue weighted by Gasteiger charge is -2.27. The SMILES string of the molecule is C[C@H](CC(=O)OC(C)(C)C)C(=O)O[C@@H](C)[C@H](Oc1cc(F)ccc1F)c1ccccc1. The molecule has 0 spiro atoms. The van der Waals surface area contributed by atoms with Crippen LogP contribution >= 0.6 is 0 Å². The molecule has 0 saturated heterocycles. The quantitative estimate of drug-likeness (QED) is 0.522. The van der Waals surface area contributed by atoms with Crippen LogP contribution in [0.15, 0.2) is 48.5 Å². The van der Waals surface area contributed by atoms with E-state index in [0.717, 1.165) is 18.2 Å². The molecule has 0 unspecified atom stereocenters. The van der Waals surface area contributed by atoms with E-state index in [-0.39, 0.29) is 12.2 Å². The molecule has 0 amide bonds. The Morgan fingerprint density at radius 2 is 1.65 bits per heavy atom. The molecule has 0 heterocycles. The molecule has 0 N–H and O–H groups in total. The van der Waals surface area contributed by atoms with Crippen LogP contribution in [-0.4, -0.2) is 23.6 Å². The second kappa shape index (κ2) is 10.4. The predicted molar refractivity (Wildman–Crippen MR) is 111 cm³/mol. The lowest BCUT2D eigenvalue weighted by Crippen LogP contribution is -2.31. The average Bonchev–Trinajstić information content (AvgIpc) is 2.67. The third kappa shape index (κ3) is 7.66. The first-order valence-corrected chi connectivity index (χ1v) is 10.1. The molecule has 0 aliphatic carbocycles. The largest absolute Gasteiger partial charge is 0.479 e. The van der Waals surface area contributed by atoms with Gasteiger partial charge in [-0.1, -0.05) is 37.3 Å². The third-order valence-electron chi connectivity index (χ3n) is 4.30. The van der Waals surface area contributed by atoms with Crippen LogP contribution in [0.5, 0.6) is 5.75 Å². The number of ether oxygens (including phenoxy) is 3. The summed E-state index contributed by atoms with van der Waals surface area (Å²) in [6.45, 7) is 8.37. The van der Waals surface area contributed by atoms with Crippen LogP contribution < -0.4 is 4.74 Å². The van der Waals surface area contributed by atoms with Crippen molar-refractivity contribution in [3.05, 3.63) is 65.7 Å². The van der Waals surface area contributed by atoms with Crippen molar-refractivity contribution in [2.75, 3.05) is 0 Å². The van der Waals surface area contributed by atoms with Gasteiger partial charge in [0.25, 0.3) is 0 Å². The van der Waals surface area contributed by atoms with Crippen molar-refractivity contribution in [3.8, 4) is 5.75 Å². The van der Waals surface area contributed by atoms with Gasteiger partial charge in [-0.25, -0.2) is 8.78 Å². The Kier molecular flexibility index (Phi) is 8.14. The molecule has 2 aromatic rings. The highest BCUT2D eigenvalue weighted by atomic mass is 19.1. The minimum absolute atomic E-state index is 0.141. The highest BCUT2D eigenvalue weighted by Crippen LogP contribution is 2.29. The molecule has 3 atom stereocenters. The number of rotatable bonds is 8. The van der Waals surface area contributed by atoms with Gasteiger partial charge in [0.15, 0.2) is 17.7 Å². The summed E-state index contributed by atoms with van der Waals surface area (Å²) in [5, 5.41) is 0. The van der Waals surface area contributed by atoms with Gasteiger partial charge in [0, 0.05) is 6.07 Å². The van der Waals surface area contributed by atoms with Crippen molar-refractivity contribution >= 4 is 11.9 Å². The van der Waals surface area contributed by atoms with Gasteiger partial charge in [0.05, 0.1) is 12.3 Å². The Labute approximate surface area is 181 Å². The zero-order valence-corrected chi connectivity index (χ0v) is 18.4. The van der Waals surface area contributed by atoms with Crippen molar-refractivity contribution in [1.82, 2.24) is 0 Å². The minimum atomic E-state index is -0.893. The maximum Gasteiger partial charge on any atom is 0.309 e. The molecular formula is C24H28F2O5. The molecule has 2 aromatic carbocycles. The Bertz CT molecular complexity index is 893. The molecule has 0 radical (unpaired) electrons. The smallest absolute Gasteiger partial charge is 0.309 e. The maximum absolute atomic E-state index is 14.1. The first-order chi connectivity index (χ1) is 14.5. The summed E-state index contributed by atoms with van der Waals surface area (Å²) < 4.78 is 44.2. The van der Waals surface area contributed by atoms with E-state index in [9.17, 15) is 18.4 Å². The van der Waals surface area contributed by atoms with Crippen LogP contribution in [0.4, 0.5) is 8.78 Å². The molecular weight excluding hydrogens is 406 g/mol. The van der Waals surface area contributed by atoms with Crippen LogP contribution in [0.1, 0.15) is 52.7 Å². The van der Waals surface area contributed by atoms with E-state index in [1.807, 2.05) is 0 Å². The van der Waals surface area contributed by atoms with E-state index in [0.29, 0.717) is 5.56 Å². The number of halogens is 2. The Hall–Kier alpha value is -2.96. The summed E-state index contributed by atoms with van der Waals surface area (Å²) in [7, 11) is 0. The zero-order chi connectivity index (χ0) is 23.2. The number of carbonyl (C=O) groups excluding carboxylic acids is 2. The lowest BCUT2D eigenvalue weighted by molar-refractivity contribution is -0.165. The highest BCUT2D eigenvalue weighted by molar-refractivity contribution is 5.79. The number of hydrogen-bond donors (Lipinski definition) is 0. The fraction of sp³-hybridized carbons (Fsp3) is 0.417. The molecule has 168 valence electrons. The Balaban J connectivity index is 2.14. The summed E-state index contributed by atoms with van der Waals surface area (Å²) in [5.74, 6) is -3.57. The molecule has 31 heavy (non-hydrogen) atoms. The molecule has 5 nitrogen and oxygen atoms in total. The number of benzene rings is 2. The molecule has 2 rings (SSSR count). The molecule has 0 bridgehead atoms. The molecule has 0 fully saturated rings. The normalized spacial score (nSPS) is 14.3. The van der Waals surface area contributed by atoms with Crippen LogP contribution in [0, 0.1) is 17.6 Å². The summed E-state index contributed by atoms with van der Waals surface area (Å²) in [4.78, 5) is 24.5. The van der Waals surface area contributed by atoms with Gasteiger partial charge in [0.2, 0.25) is 0 Å². The Morgan fingerprint density at radius 3 is 2.26 bits per heavy atom. The highest BCUT2D eigenvalue weighted by Gasteiger charge is 2.29. The second-order valence-corrected chi connectivity index (χ2v) is 8.36. The van der Waals surface area contributed by atoms with Crippen molar-refractivity contribution in [1.29, 1.82) is 0 Å². The fourth-order valence-corrected chi connectivity index (χ4v) is 2.86. The van der Waals surface area contributed by atoms with E-state index in [1.54, 1.807) is 65.0 Å². The molecule has 7 heteroatoms. The van der Waals surface area contributed by atoms with E-state index in [2.05, 4.69) is 0 Å². The van der Waals surface area contributed by atoms with Crippen molar-refractivity contribution in [3.63, 3.8) is 0 Å². The zero-order valence-electron chi connectivity index (χ0n) is 18.4. The fourth-order valence-electron chi connectivity index (χ4n) is 2.86. The van der Waals surface area contributed by atoms with Gasteiger partial charge in [-0.05, 0) is 45.4 Å². The maximum atomic E-state index is 14.1.